The van der Waals surface area contributed by atoms with Crippen LogP contribution in [0.3, 0.4) is 0 Å². The van der Waals surface area contributed by atoms with Crippen LogP contribution in [0.5, 0.6) is 11.5 Å². The van der Waals surface area contributed by atoms with E-state index in [0.29, 0.717) is 22.6 Å². The quantitative estimate of drug-likeness (QED) is 0.906. The van der Waals surface area contributed by atoms with Gasteiger partial charge in [0.2, 0.25) is 0 Å². The molecule has 0 atom stereocenters. The number of halogens is 2. The topological polar surface area (TPSA) is 55.8 Å². The van der Waals surface area contributed by atoms with Crippen LogP contribution in [0.15, 0.2) is 30.3 Å². The van der Waals surface area contributed by atoms with E-state index >= 15 is 0 Å². The maximum atomic E-state index is 11.2. The highest BCUT2D eigenvalue weighted by Gasteiger charge is 2.18. The maximum Gasteiger partial charge on any atom is 0.338 e. The van der Waals surface area contributed by atoms with Crippen molar-refractivity contribution in [3.8, 4) is 22.6 Å². The van der Waals surface area contributed by atoms with Crippen LogP contribution < -0.4 is 9.47 Å². The molecule has 0 aliphatic carbocycles. The monoisotopic (exact) mass is 326 g/mol. The Kier molecular flexibility index (Phi) is 4.60. The third-order valence-electron chi connectivity index (χ3n) is 3.00. The standard InChI is InChI=1S/C15H12Cl2O4/c1-20-11-6-3-8(7-12(11)21-2)9-4-5-10(16)13(14(9)17)15(18)19/h3-7H,1-2H3,(H,18,19). The molecule has 6 heteroatoms. The molecule has 0 aliphatic heterocycles. The van der Waals surface area contributed by atoms with Gasteiger partial charge in [-0.25, -0.2) is 4.79 Å². The van der Waals surface area contributed by atoms with Gasteiger partial charge in [-0.05, 0) is 23.8 Å². The summed E-state index contributed by atoms with van der Waals surface area (Å²) in [6.45, 7) is 0. The van der Waals surface area contributed by atoms with Crippen molar-refractivity contribution in [2.24, 2.45) is 0 Å². The number of rotatable bonds is 4. The van der Waals surface area contributed by atoms with Gasteiger partial charge < -0.3 is 14.6 Å². The predicted octanol–water partition coefficient (Wildman–Crippen LogP) is 4.38. The largest absolute Gasteiger partial charge is 0.493 e. The Morgan fingerprint density at radius 1 is 1.05 bits per heavy atom. The Hall–Kier alpha value is -1.91. The molecule has 0 heterocycles. The van der Waals surface area contributed by atoms with E-state index in [4.69, 9.17) is 32.7 Å². The van der Waals surface area contributed by atoms with E-state index in [1.807, 2.05) is 0 Å². The molecule has 0 spiro atoms. The van der Waals surface area contributed by atoms with Crippen molar-refractivity contribution >= 4 is 29.2 Å². The van der Waals surface area contributed by atoms with E-state index in [9.17, 15) is 9.90 Å². The maximum absolute atomic E-state index is 11.2. The number of benzene rings is 2. The van der Waals surface area contributed by atoms with Crippen molar-refractivity contribution in [1.82, 2.24) is 0 Å². The zero-order valence-corrected chi connectivity index (χ0v) is 12.8. The molecule has 2 aromatic rings. The van der Waals surface area contributed by atoms with Gasteiger partial charge in [-0.3, -0.25) is 0 Å². The highest BCUT2D eigenvalue weighted by Crippen LogP contribution is 2.38. The number of carbonyl (C=O) groups is 1. The molecule has 0 saturated heterocycles. The summed E-state index contributed by atoms with van der Waals surface area (Å²) in [5.74, 6) is -0.0741. The summed E-state index contributed by atoms with van der Waals surface area (Å²) in [6, 6.07) is 8.38. The molecule has 4 nitrogen and oxygen atoms in total. The van der Waals surface area contributed by atoms with Crippen LogP contribution in [0, 0.1) is 0 Å². The Balaban J connectivity index is 2.62. The first-order chi connectivity index (χ1) is 9.99. The number of methoxy groups -OCH3 is 2. The Bertz CT molecular complexity index is 698. The van der Waals surface area contributed by atoms with Gasteiger partial charge >= 0.3 is 5.97 Å². The van der Waals surface area contributed by atoms with Gasteiger partial charge in [0.1, 0.15) is 0 Å². The number of aromatic carboxylic acids is 1. The molecule has 0 saturated carbocycles. The smallest absolute Gasteiger partial charge is 0.338 e. The molecule has 0 aromatic heterocycles. The summed E-state index contributed by atoms with van der Waals surface area (Å²) in [5.41, 5.74) is 1.14. The number of hydrogen-bond acceptors (Lipinski definition) is 3. The summed E-state index contributed by atoms with van der Waals surface area (Å²) in [4.78, 5) is 11.2. The Morgan fingerprint density at radius 2 is 1.71 bits per heavy atom. The molecule has 21 heavy (non-hydrogen) atoms. The first-order valence-corrected chi connectivity index (χ1v) is 6.69. The van der Waals surface area contributed by atoms with E-state index in [1.54, 1.807) is 24.3 Å². The molecular formula is C15H12Cl2O4. The van der Waals surface area contributed by atoms with Crippen molar-refractivity contribution in [2.45, 2.75) is 0 Å². The summed E-state index contributed by atoms with van der Waals surface area (Å²) in [7, 11) is 3.06. The van der Waals surface area contributed by atoms with E-state index < -0.39 is 5.97 Å². The minimum absolute atomic E-state index is 0.0854. The average molecular weight is 327 g/mol. The summed E-state index contributed by atoms with van der Waals surface area (Å²) >= 11 is 12.1. The van der Waals surface area contributed by atoms with Crippen LogP contribution in [-0.2, 0) is 0 Å². The lowest BCUT2D eigenvalue weighted by Gasteiger charge is -2.12. The van der Waals surface area contributed by atoms with Crippen LogP contribution in [0.1, 0.15) is 10.4 Å². The first-order valence-electron chi connectivity index (χ1n) is 5.93. The lowest BCUT2D eigenvalue weighted by atomic mass is 10.0. The zero-order valence-electron chi connectivity index (χ0n) is 11.3. The van der Waals surface area contributed by atoms with Crippen LogP contribution in [0.2, 0.25) is 10.0 Å². The third-order valence-corrected chi connectivity index (χ3v) is 3.71. The molecule has 0 unspecified atom stereocenters. The fourth-order valence-corrected chi connectivity index (χ4v) is 2.62. The van der Waals surface area contributed by atoms with Crippen LogP contribution in [0.25, 0.3) is 11.1 Å². The lowest BCUT2D eigenvalue weighted by molar-refractivity contribution is 0.0697. The van der Waals surface area contributed by atoms with Gasteiger partial charge in [0.05, 0.1) is 29.8 Å². The van der Waals surface area contributed by atoms with Gasteiger partial charge in [-0.1, -0.05) is 35.3 Å². The van der Waals surface area contributed by atoms with Gasteiger partial charge in [-0.2, -0.15) is 0 Å². The zero-order chi connectivity index (χ0) is 15.6. The highest BCUT2D eigenvalue weighted by atomic mass is 35.5. The minimum Gasteiger partial charge on any atom is -0.493 e. The molecule has 0 bridgehead atoms. The van der Waals surface area contributed by atoms with Crippen molar-refractivity contribution in [2.75, 3.05) is 14.2 Å². The molecule has 0 amide bonds. The molecule has 0 aliphatic rings. The first kappa shape index (κ1) is 15.5. The number of carboxylic acid groups (broad SMARTS) is 1. The SMILES string of the molecule is COc1ccc(-c2ccc(Cl)c(C(=O)O)c2Cl)cc1OC. The number of hydrogen-bond donors (Lipinski definition) is 1. The molecule has 0 fully saturated rings. The van der Waals surface area contributed by atoms with Crippen LogP contribution in [-0.4, -0.2) is 25.3 Å². The summed E-state index contributed by atoms with van der Waals surface area (Å²) < 4.78 is 10.4. The van der Waals surface area contributed by atoms with Crippen LogP contribution >= 0.6 is 23.2 Å². The number of ether oxygens (including phenoxy) is 2. The van der Waals surface area contributed by atoms with Crippen molar-refractivity contribution in [1.29, 1.82) is 0 Å². The Morgan fingerprint density at radius 3 is 2.29 bits per heavy atom. The van der Waals surface area contributed by atoms with Gasteiger partial charge in [0, 0.05) is 5.56 Å². The summed E-state index contributed by atoms with van der Waals surface area (Å²) in [5, 5.41) is 9.37. The lowest BCUT2D eigenvalue weighted by Crippen LogP contribution is -2.00. The van der Waals surface area contributed by atoms with Gasteiger partial charge in [0.15, 0.2) is 11.5 Å². The second kappa shape index (κ2) is 6.24. The fourth-order valence-electron chi connectivity index (χ4n) is 1.98. The van der Waals surface area contributed by atoms with Gasteiger partial charge in [0.25, 0.3) is 0 Å². The second-order valence-electron chi connectivity index (χ2n) is 4.16. The van der Waals surface area contributed by atoms with Crippen molar-refractivity contribution < 1.29 is 19.4 Å². The number of carboxylic acids is 1. The van der Waals surface area contributed by atoms with Crippen molar-refractivity contribution in [3.63, 3.8) is 0 Å². The summed E-state index contributed by atoms with van der Waals surface area (Å²) in [6.07, 6.45) is 0. The normalized spacial score (nSPS) is 10.3. The molecule has 1 N–H and O–H groups in total. The van der Waals surface area contributed by atoms with Crippen molar-refractivity contribution in [3.05, 3.63) is 45.9 Å². The average Bonchev–Trinajstić information content (AvgIpc) is 2.46. The minimum atomic E-state index is -1.17. The second-order valence-corrected chi connectivity index (χ2v) is 4.94. The fraction of sp³-hybridized carbons (Fsp3) is 0.133. The van der Waals surface area contributed by atoms with E-state index in [0.717, 1.165) is 0 Å². The molecule has 110 valence electrons. The van der Waals surface area contributed by atoms with E-state index in [-0.39, 0.29) is 15.6 Å². The molecule has 2 rings (SSSR count). The third kappa shape index (κ3) is 2.91. The van der Waals surface area contributed by atoms with Gasteiger partial charge in [-0.15, -0.1) is 0 Å². The van der Waals surface area contributed by atoms with E-state index in [2.05, 4.69) is 0 Å². The molecular weight excluding hydrogens is 315 g/mol. The Labute approximate surface area is 131 Å². The molecule has 2 aromatic carbocycles. The highest BCUT2D eigenvalue weighted by molar-refractivity contribution is 6.41. The molecule has 0 radical (unpaired) electrons. The van der Waals surface area contributed by atoms with E-state index in [1.165, 1.54) is 20.3 Å². The predicted molar refractivity (Wildman–Crippen MR) is 82.0 cm³/mol. The van der Waals surface area contributed by atoms with Crippen LogP contribution in [0.4, 0.5) is 0 Å².